The van der Waals surface area contributed by atoms with Gasteiger partial charge in [-0.15, -0.1) is 0 Å². The average molecular weight is 775 g/mol. The van der Waals surface area contributed by atoms with Crippen molar-refractivity contribution in [1.29, 1.82) is 0 Å². The summed E-state index contributed by atoms with van der Waals surface area (Å²) < 4.78 is 6.53. The normalized spacial score (nSPS) is 12.8. The van der Waals surface area contributed by atoms with Gasteiger partial charge in [0.25, 0.3) is 0 Å². The molecule has 1 unspecified atom stereocenters. The molecule has 0 radical (unpaired) electrons. The molecule has 0 spiro atoms. The molecule has 2 aromatic heterocycles. The highest BCUT2D eigenvalue weighted by molar-refractivity contribution is 5.93. The van der Waals surface area contributed by atoms with Gasteiger partial charge in [-0.1, -0.05) is 172 Å². The minimum Gasteiger partial charge on any atom is -0.507 e. The van der Waals surface area contributed by atoms with Crippen LogP contribution in [-0.2, 0) is 16.2 Å². The lowest BCUT2D eigenvalue weighted by Gasteiger charge is -2.27. The Hall–Kier alpha value is -6.26. The summed E-state index contributed by atoms with van der Waals surface area (Å²) >= 11 is 0. The number of nitrogens with zero attached hydrogens (tertiary/aromatic N) is 2. The van der Waals surface area contributed by atoms with Crippen molar-refractivity contribution in [1.82, 2.24) is 9.97 Å². The van der Waals surface area contributed by atoms with Crippen LogP contribution in [0.25, 0.3) is 56.1 Å². The molecule has 296 valence electrons. The quantitative estimate of drug-likeness (QED) is 0.167. The second kappa shape index (κ2) is 15.2. The first kappa shape index (κ1) is 39.6. The Labute approximate surface area is 349 Å². The molecule has 0 saturated carbocycles. The molecule has 0 amide bonds. The Balaban J connectivity index is 1.24. The Morgan fingerprint density at radius 2 is 1.19 bits per heavy atom. The number of rotatable bonds is 8. The van der Waals surface area contributed by atoms with E-state index in [4.69, 9.17) is 14.4 Å². The maximum Gasteiger partial charge on any atom is 0.231 e. The molecule has 0 saturated heterocycles. The van der Waals surface area contributed by atoms with Crippen molar-refractivity contribution >= 4 is 11.1 Å². The van der Waals surface area contributed by atoms with Crippen LogP contribution < -0.4 is 0 Å². The van der Waals surface area contributed by atoms with Gasteiger partial charge in [0.15, 0.2) is 5.58 Å². The number of phenols is 1. The number of oxazole rings is 1. The van der Waals surface area contributed by atoms with Crippen LogP contribution in [0, 0.1) is 0 Å². The summed E-state index contributed by atoms with van der Waals surface area (Å²) in [5.41, 5.74) is 14.6. The van der Waals surface area contributed by atoms with E-state index in [0.29, 0.717) is 17.0 Å². The van der Waals surface area contributed by atoms with Crippen molar-refractivity contribution in [2.75, 3.05) is 0 Å². The molecule has 4 nitrogen and oxygen atoms in total. The van der Waals surface area contributed by atoms with Gasteiger partial charge in [0.1, 0.15) is 11.3 Å². The fraction of sp³-hybridized carbons (Fsp3) is 0.236. The van der Waals surface area contributed by atoms with Crippen LogP contribution >= 0.6 is 0 Å². The van der Waals surface area contributed by atoms with Crippen molar-refractivity contribution in [2.24, 2.45) is 0 Å². The van der Waals surface area contributed by atoms with E-state index in [1.807, 2.05) is 24.4 Å². The van der Waals surface area contributed by atoms with Crippen LogP contribution in [0.4, 0.5) is 0 Å². The van der Waals surface area contributed by atoms with E-state index in [1.165, 1.54) is 22.3 Å². The van der Waals surface area contributed by atoms with Gasteiger partial charge < -0.3 is 9.52 Å². The number of pyridine rings is 1. The first-order chi connectivity index (χ1) is 28.1. The maximum atomic E-state index is 11.7. The van der Waals surface area contributed by atoms with E-state index in [-0.39, 0.29) is 27.9 Å². The number of hydrogen-bond acceptors (Lipinski definition) is 4. The fourth-order valence-corrected chi connectivity index (χ4v) is 8.11. The molecule has 0 aliphatic rings. The fourth-order valence-electron chi connectivity index (χ4n) is 8.11. The first-order valence-electron chi connectivity index (χ1n) is 20.7. The number of hydrogen-bond donors (Lipinski definition) is 1. The average Bonchev–Trinajstić information content (AvgIpc) is 3.68. The summed E-state index contributed by atoms with van der Waals surface area (Å²) in [6.07, 6.45) is 1.91. The predicted molar refractivity (Wildman–Crippen MR) is 245 cm³/mol. The molecule has 0 bridgehead atoms. The van der Waals surface area contributed by atoms with Crippen molar-refractivity contribution in [3.63, 3.8) is 0 Å². The third-order valence-electron chi connectivity index (χ3n) is 12.0. The van der Waals surface area contributed by atoms with Gasteiger partial charge in [0.2, 0.25) is 5.89 Å². The molecule has 6 aromatic carbocycles. The van der Waals surface area contributed by atoms with Crippen molar-refractivity contribution in [2.45, 2.75) is 84.5 Å². The first-order valence-corrected chi connectivity index (χ1v) is 20.7. The van der Waals surface area contributed by atoms with E-state index < -0.39 is 0 Å². The van der Waals surface area contributed by atoms with E-state index >= 15 is 0 Å². The highest BCUT2D eigenvalue weighted by atomic mass is 16.3. The minimum absolute atomic E-state index is 0.116. The topological polar surface area (TPSA) is 59.2 Å². The van der Waals surface area contributed by atoms with Crippen LogP contribution in [0.3, 0.4) is 0 Å². The summed E-state index contributed by atoms with van der Waals surface area (Å²) in [5, 5.41) is 11.7. The van der Waals surface area contributed by atoms with Gasteiger partial charge in [-0.05, 0) is 91.7 Å². The third-order valence-corrected chi connectivity index (χ3v) is 12.0. The van der Waals surface area contributed by atoms with E-state index in [0.717, 1.165) is 50.2 Å². The van der Waals surface area contributed by atoms with Crippen molar-refractivity contribution in [3.8, 4) is 50.7 Å². The van der Waals surface area contributed by atoms with Crippen LogP contribution in [0.2, 0.25) is 0 Å². The zero-order chi connectivity index (χ0) is 41.7. The molecule has 59 heavy (non-hydrogen) atoms. The number of para-hydroxylation sites is 1. The molecule has 4 heteroatoms. The van der Waals surface area contributed by atoms with Crippen molar-refractivity contribution in [3.05, 3.63) is 185 Å². The molecule has 2 heterocycles. The monoisotopic (exact) mass is 774 g/mol. The molecule has 0 fully saturated rings. The molecule has 8 rings (SSSR count). The summed E-state index contributed by atoms with van der Waals surface area (Å²) in [5.74, 6) is 0.738. The SMILES string of the molecule is CC(c1ccccc1)c1cc(-c2cc(-c3ccc(C(C)(C)c4ccccc4)cc3)ccn2)cc(-c2cccc3oc(-c4cc(C(C)(C)C)cc(C(C)(C)C)c4O)nc23)c1. The van der Waals surface area contributed by atoms with Crippen LogP contribution in [0.1, 0.15) is 102 Å². The minimum atomic E-state index is -0.280. The van der Waals surface area contributed by atoms with Gasteiger partial charge in [0.05, 0.1) is 11.3 Å². The van der Waals surface area contributed by atoms with Crippen molar-refractivity contribution < 1.29 is 9.52 Å². The smallest absolute Gasteiger partial charge is 0.231 e. The lowest BCUT2D eigenvalue weighted by molar-refractivity contribution is 0.444. The molecular weight excluding hydrogens is 721 g/mol. The Kier molecular flexibility index (Phi) is 10.2. The molecule has 1 atom stereocenters. The second-order valence-corrected chi connectivity index (χ2v) is 18.6. The highest BCUT2D eigenvalue weighted by Crippen LogP contribution is 2.44. The molecule has 0 aliphatic carbocycles. The van der Waals surface area contributed by atoms with Gasteiger partial charge >= 0.3 is 0 Å². The standard InChI is InChI=1S/C55H54N2O2/c1-35(36-17-12-10-13-18-36)39-29-40(45-21-16-22-49-50(45)57-52(59-49)46-33-44(53(2,3)4)34-47(51(46)58)54(5,6)7)31-41(30-39)48-32-38(27-28-56-48)37-23-25-43(26-24-37)55(8,9)42-19-14-11-15-20-42/h10-35,58H,1-9H3. The number of aromatic nitrogens is 2. The third kappa shape index (κ3) is 7.84. The van der Waals surface area contributed by atoms with E-state index in [1.54, 1.807) is 0 Å². The number of benzene rings is 6. The molecule has 0 aliphatic heterocycles. The largest absolute Gasteiger partial charge is 0.507 e. The van der Waals surface area contributed by atoms with E-state index in [9.17, 15) is 5.11 Å². The van der Waals surface area contributed by atoms with Gasteiger partial charge in [-0.2, -0.15) is 0 Å². The van der Waals surface area contributed by atoms with Crippen LogP contribution in [0.15, 0.2) is 156 Å². The van der Waals surface area contributed by atoms with Gasteiger partial charge in [0, 0.05) is 34.2 Å². The zero-order valence-corrected chi connectivity index (χ0v) is 35.8. The summed E-state index contributed by atoms with van der Waals surface area (Å²) in [6, 6.07) is 51.6. The zero-order valence-electron chi connectivity index (χ0n) is 35.8. The number of phenolic OH excluding ortho intramolecular Hbond substituents is 1. The maximum absolute atomic E-state index is 11.7. The van der Waals surface area contributed by atoms with Gasteiger partial charge in [-0.25, -0.2) is 4.98 Å². The Morgan fingerprint density at radius 3 is 1.86 bits per heavy atom. The Morgan fingerprint density at radius 1 is 0.525 bits per heavy atom. The summed E-state index contributed by atoms with van der Waals surface area (Å²) in [7, 11) is 0. The van der Waals surface area contributed by atoms with Crippen LogP contribution in [-0.4, -0.2) is 15.1 Å². The Bertz CT molecular complexity index is 2770. The molecular formula is C55H54N2O2. The number of fused-ring (bicyclic) bond motifs is 1. The summed E-state index contributed by atoms with van der Waals surface area (Å²) in [4.78, 5) is 10.1. The summed E-state index contributed by atoms with van der Waals surface area (Å²) in [6.45, 7) is 19.7. The lowest BCUT2D eigenvalue weighted by atomic mass is 9.78. The van der Waals surface area contributed by atoms with Gasteiger partial charge in [-0.3, -0.25) is 4.98 Å². The molecule has 8 aromatic rings. The highest BCUT2D eigenvalue weighted by Gasteiger charge is 2.28. The second-order valence-electron chi connectivity index (χ2n) is 18.6. The van der Waals surface area contributed by atoms with Crippen LogP contribution in [0.5, 0.6) is 5.75 Å². The van der Waals surface area contributed by atoms with E-state index in [2.05, 4.69) is 190 Å². The predicted octanol–water partition coefficient (Wildman–Crippen LogP) is 14.7. The lowest BCUT2D eigenvalue weighted by Crippen LogP contribution is -2.18. The molecule has 1 N–H and O–H groups in total. The number of aromatic hydroxyl groups is 1.